The fourth-order valence-corrected chi connectivity index (χ4v) is 0.709. The molecule has 0 heterocycles. The van der Waals surface area contributed by atoms with Crippen LogP contribution >= 0.6 is 0 Å². The molecule has 0 radical (unpaired) electrons. The summed E-state index contributed by atoms with van der Waals surface area (Å²) >= 11 is 0. The quantitative estimate of drug-likeness (QED) is 0.413. The molecule has 0 aromatic carbocycles. The minimum atomic E-state index is -0.241. The molecule has 0 rings (SSSR count). The third-order valence-corrected chi connectivity index (χ3v) is 1.25. The van der Waals surface area contributed by atoms with E-state index in [0.29, 0.717) is 12.8 Å². The standard InChI is InChI=1S/C8H12F2/c9-7-5-3-1-2-4-6-8-10/h1-5,7H2. The molecule has 2 heteroatoms. The zero-order valence-corrected chi connectivity index (χ0v) is 6.00. The van der Waals surface area contributed by atoms with Crippen LogP contribution in [-0.4, -0.2) is 6.67 Å². The zero-order valence-electron chi connectivity index (χ0n) is 6.00. The summed E-state index contributed by atoms with van der Waals surface area (Å²) in [4.78, 5) is 0. The maximum atomic E-state index is 11.5. The second-order valence-corrected chi connectivity index (χ2v) is 2.12. The van der Waals surface area contributed by atoms with E-state index in [9.17, 15) is 8.78 Å². The summed E-state index contributed by atoms with van der Waals surface area (Å²) in [6, 6.07) is 0. The number of unbranched alkanes of at least 4 members (excludes halogenated alkanes) is 4. The van der Waals surface area contributed by atoms with Crippen molar-refractivity contribution >= 4 is 0 Å². The van der Waals surface area contributed by atoms with Gasteiger partial charge in [-0.15, -0.1) is 4.39 Å². The topological polar surface area (TPSA) is 0 Å². The van der Waals surface area contributed by atoms with Gasteiger partial charge >= 0.3 is 0 Å². The van der Waals surface area contributed by atoms with Crippen molar-refractivity contribution in [2.24, 2.45) is 0 Å². The lowest BCUT2D eigenvalue weighted by molar-refractivity contribution is 0.454. The maximum absolute atomic E-state index is 11.5. The SMILES string of the molecule is FC#CCCCCCCF. The fraction of sp³-hybridized carbons (Fsp3) is 0.750. The highest BCUT2D eigenvalue weighted by atomic mass is 19.1. The summed E-state index contributed by atoms with van der Waals surface area (Å²) < 4.78 is 22.6. The molecule has 10 heavy (non-hydrogen) atoms. The summed E-state index contributed by atoms with van der Waals surface area (Å²) in [5.41, 5.74) is 0. The fourth-order valence-electron chi connectivity index (χ4n) is 0.709. The molecule has 0 aromatic heterocycles. The van der Waals surface area contributed by atoms with Gasteiger partial charge in [0.25, 0.3) is 0 Å². The van der Waals surface area contributed by atoms with E-state index in [0.717, 1.165) is 19.3 Å². The Morgan fingerprint density at radius 3 is 2.30 bits per heavy atom. The number of hydrogen-bond acceptors (Lipinski definition) is 0. The molecule has 0 nitrogen and oxygen atoms in total. The summed E-state index contributed by atoms with van der Waals surface area (Å²) in [6.07, 6.45) is 5.30. The predicted molar refractivity (Wildman–Crippen MR) is 37.9 cm³/mol. The molecular formula is C8H12F2. The van der Waals surface area contributed by atoms with E-state index in [4.69, 9.17) is 0 Å². The van der Waals surface area contributed by atoms with Crippen molar-refractivity contribution in [1.82, 2.24) is 0 Å². The molecule has 0 amide bonds. The Kier molecular flexibility index (Phi) is 7.93. The van der Waals surface area contributed by atoms with Gasteiger partial charge in [-0.2, -0.15) is 0 Å². The summed E-state index contributed by atoms with van der Waals surface area (Å²) in [6.45, 7) is -0.241. The highest BCUT2D eigenvalue weighted by Crippen LogP contribution is 2.01. The lowest BCUT2D eigenvalue weighted by Crippen LogP contribution is -1.78. The van der Waals surface area contributed by atoms with Gasteiger partial charge in [0, 0.05) is 6.42 Å². The first-order chi connectivity index (χ1) is 4.91. The van der Waals surface area contributed by atoms with Gasteiger partial charge < -0.3 is 0 Å². The molecule has 0 saturated heterocycles. The second-order valence-electron chi connectivity index (χ2n) is 2.12. The van der Waals surface area contributed by atoms with Crippen LogP contribution in [0.4, 0.5) is 8.78 Å². The van der Waals surface area contributed by atoms with E-state index in [1.54, 1.807) is 0 Å². The highest BCUT2D eigenvalue weighted by molar-refractivity contribution is 4.89. The van der Waals surface area contributed by atoms with Crippen molar-refractivity contribution in [3.63, 3.8) is 0 Å². The van der Waals surface area contributed by atoms with Crippen molar-refractivity contribution in [2.75, 3.05) is 6.67 Å². The first-order valence-corrected chi connectivity index (χ1v) is 3.56. The van der Waals surface area contributed by atoms with Crippen molar-refractivity contribution < 1.29 is 8.78 Å². The van der Waals surface area contributed by atoms with Gasteiger partial charge in [0.2, 0.25) is 0 Å². The molecule has 0 bridgehead atoms. The Morgan fingerprint density at radius 2 is 1.70 bits per heavy atom. The lowest BCUT2D eigenvalue weighted by Gasteiger charge is -1.92. The normalized spacial score (nSPS) is 8.60. The molecule has 0 aliphatic rings. The highest BCUT2D eigenvalue weighted by Gasteiger charge is 1.86. The third kappa shape index (κ3) is 7.42. The van der Waals surface area contributed by atoms with Crippen LogP contribution in [0.1, 0.15) is 32.1 Å². The molecule has 0 saturated carbocycles. The molecule has 0 aliphatic heterocycles. The summed E-state index contributed by atoms with van der Waals surface area (Å²) in [5.74, 6) is 2.31. The van der Waals surface area contributed by atoms with Crippen LogP contribution in [0.15, 0.2) is 0 Å². The van der Waals surface area contributed by atoms with Gasteiger partial charge in [0.15, 0.2) is 0 Å². The second kappa shape index (κ2) is 8.42. The smallest absolute Gasteiger partial charge is 0.105 e. The Balaban J connectivity index is 2.82. The molecule has 0 aliphatic carbocycles. The van der Waals surface area contributed by atoms with Gasteiger partial charge in [0.05, 0.1) is 6.67 Å². The lowest BCUT2D eigenvalue weighted by atomic mass is 10.2. The van der Waals surface area contributed by atoms with E-state index in [2.05, 4.69) is 5.92 Å². The zero-order chi connectivity index (χ0) is 7.66. The average molecular weight is 146 g/mol. The monoisotopic (exact) mass is 146 g/mol. The predicted octanol–water partition coefficient (Wildman–Crippen LogP) is 2.84. The third-order valence-electron chi connectivity index (χ3n) is 1.25. The van der Waals surface area contributed by atoms with Crippen molar-refractivity contribution in [1.29, 1.82) is 0 Å². The van der Waals surface area contributed by atoms with E-state index in [-0.39, 0.29) is 6.67 Å². The molecule has 58 valence electrons. The van der Waals surface area contributed by atoms with Crippen molar-refractivity contribution in [3.05, 3.63) is 0 Å². The molecule has 0 spiro atoms. The van der Waals surface area contributed by atoms with Gasteiger partial charge in [-0.25, -0.2) is 0 Å². The van der Waals surface area contributed by atoms with Crippen LogP contribution in [0.3, 0.4) is 0 Å². The van der Waals surface area contributed by atoms with E-state index in [1.807, 2.05) is 0 Å². The summed E-state index contributed by atoms with van der Waals surface area (Å²) in [7, 11) is 0. The Morgan fingerprint density at radius 1 is 1.00 bits per heavy atom. The number of hydrogen-bond donors (Lipinski definition) is 0. The first kappa shape index (κ1) is 9.42. The van der Waals surface area contributed by atoms with Crippen LogP contribution < -0.4 is 0 Å². The molecule has 0 atom stereocenters. The first-order valence-electron chi connectivity index (χ1n) is 3.56. The molecular weight excluding hydrogens is 134 g/mol. The van der Waals surface area contributed by atoms with Crippen LogP contribution in [-0.2, 0) is 0 Å². The number of rotatable bonds is 5. The van der Waals surface area contributed by atoms with Crippen LogP contribution in [0.5, 0.6) is 0 Å². The number of alkyl halides is 1. The van der Waals surface area contributed by atoms with Crippen LogP contribution in [0.2, 0.25) is 0 Å². The maximum Gasteiger partial charge on any atom is 0.105 e. The minimum absolute atomic E-state index is 0.241. The van der Waals surface area contributed by atoms with Crippen molar-refractivity contribution in [3.8, 4) is 12.1 Å². The van der Waals surface area contributed by atoms with Crippen LogP contribution in [0, 0.1) is 12.1 Å². The Labute approximate surface area is 60.6 Å². The Bertz CT molecular complexity index is 110. The van der Waals surface area contributed by atoms with Crippen molar-refractivity contribution in [2.45, 2.75) is 32.1 Å². The summed E-state index contributed by atoms with van der Waals surface area (Å²) in [5, 5.41) is 0. The molecule has 0 N–H and O–H groups in total. The average Bonchev–Trinajstić information content (AvgIpc) is 1.97. The number of halogens is 2. The largest absolute Gasteiger partial charge is 0.251 e. The van der Waals surface area contributed by atoms with E-state index < -0.39 is 0 Å². The van der Waals surface area contributed by atoms with Crippen LogP contribution in [0.25, 0.3) is 0 Å². The molecule has 0 fully saturated rings. The minimum Gasteiger partial charge on any atom is -0.251 e. The van der Waals surface area contributed by atoms with Gasteiger partial charge in [0.1, 0.15) is 6.17 Å². The Hall–Kier alpha value is -0.580. The van der Waals surface area contributed by atoms with Gasteiger partial charge in [-0.05, 0) is 12.8 Å². The molecule has 0 aromatic rings. The van der Waals surface area contributed by atoms with Gasteiger partial charge in [-0.3, -0.25) is 4.39 Å². The molecule has 0 unspecified atom stereocenters. The van der Waals surface area contributed by atoms with E-state index in [1.165, 1.54) is 6.17 Å². The van der Waals surface area contributed by atoms with Gasteiger partial charge in [-0.1, -0.05) is 18.8 Å². The van der Waals surface area contributed by atoms with E-state index >= 15 is 0 Å².